The molecule has 0 bridgehead atoms. The van der Waals surface area contributed by atoms with Crippen molar-refractivity contribution in [1.29, 1.82) is 0 Å². The molecule has 0 spiro atoms. The third kappa shape index (κ3) is 3.38. The van der Waals surface area contributed by atoms with Crippen LogP contribution in [0, 0.1) is 0 Å². The topological polar surface area (TPSA) is 61.4 Å². The Morgan fingerprint density at radius 1 is 1.19 bits per heavy atom. The van der Waals surface area contributed by atoms with Crippen LogP contribution in [0.2, 0.25) is 10.0 Å². The fraction of sp³-hybridized carbons (Fsp3) is 0.176. The van der Waals surface area contributed by atoms with Crippen molar-refractivity contribution in [3.8, 4) is 5.69 Å². The molecule has 0 saturated heterocycles. The van der Waals surface area contributed by atoms with Crippen LogP contribution in [0.1, 0.15) is 29.5 Å². The molecule has 6 nitrogen and oxygen atoms in total. The van der Waals surface area contributed by atoms with Crippen molar-refractivity contribution in [3.63, 3.8) is 0 Å². The predicted octanol–water partition coefficient (Wildman–Crippen LogP) is 4.43. The third-order valence-electron chi connectivity index (χ3n) is 3.94. The first-order chi connectivity index (χ1) is 12.6. The molecular formula is C17H14Cl2N6S. The first-order valence-corrected chi connectivity index (χ1v) is 9.53. The number of benzene rings is 1. The van der Waals surface area contributed by atoms with Crippen molar-refractivity contribution in [2.75, 3.05) is 0 Å². The quantitative estimate of drug-likeness (QED) is 0.493. The van der Waals surface area contributed by atoms with Crippen LogP contribution >= 0.6 is 34.5 Å². The molecule has 3 heterocycles. The highest BCUT2D eigenvalue weighted by molar-refractivity contribution is 7.09. The van der Waals surface area contributed by atoms with E-state index in [1.54, 1.807) is 39.2 Å². The molecule has 3 aromatic heterocycles. The summed E-state index contributed by atoms with van der Waals surface area (Å²) in [5.41, 5.74) is 0.797. The smallest absolute Gasteiger partial charge is 0.157 e. The van der Waals surface area contributed by atoms with Gasteiger partial charge in [-0.3, -0.25) is 0 Å². The highest BCUT2D eigenvalue weighted by Gasteiger charge is 2.20. The van der Waals surface area contributed by atoms with Crippen LogP contribution in [-0.2, 0) is 6.42 Å². The molecule has 1 atom stereocenters. The van der Waals surface area contributed by atoms with E-state index in [0.29, 0.717) is 16.5 Å². The van der Waals surface area contributed by atoms with E-state index in [1.807, 2.05) is 24.4 Å². The van der Waals surface area contributed by atoms with Crippen LogP contribution in [0.3, 0.4) is 0 Å². The lowest BCUT2D eigenvalue weighted by molar-refractivity contribution is 0.522. The van der Waals surface area contributed by atoms with Crippen LogP contribution in [-0.4, -0.2) is 29.5 Å². The van der Waals surface area contributed by atoms with Crippen molar-refractivity contribution in [2.45, 2.75) is 19.4 Å². The van der Waals surface area contributed by atoms with Crippen LogP contribution in [0.25, 0.3) is 5.69 Å². The van der Waals surface area contributed by atoms with E-state index in [9.17, 15) is 0 Å². The number of hydrogen-bond acceptors (Lipinski definition) is 5. The number of halogens is 2. The Morgan fingerprint density at radius 2 is 2.08 bits per heavy atom. The molecule has 1 aromatic carbocycles. The van der Waals surface area contributed by atoms with Gasteiger partial charge in [-0.2, -0.15) is 10.2 Å². The zero-order valence-corrected chi connectivity index (χ0v) is 16.1. The molecule has 0 radical (unpaired) electrons. The van der Waals surface area contributed by atoms with E-state index < -0.39 is 0 Å². The number of thiophene rings is 1. The average Bonchev–Trinajstić information content (AvgIpc) is 3.38. The highest BCUT2D eigenvalue weighted by atomic mass is 35.5. The predicted molar refractivity (Wildman–Crippen MR) is 102 cm³/mol. The lowest BCUT2D eigenvalue weighted by Gasteiger charge is -2.13. The molecule has 0 aliphatic carbocycles. The first kappa shape index (κ1) is 17.2. The van der Waals surface area contributed by atoms with E-state index in [-0.39, 0.29) is 6.04 Å². The Bertz CT molecular complexity index is 1010. The summed E-state index contributed by atoms with van der Waals surface area (Å²) in [7, 11) is 0. The summed E-state index contributed by atoms with van der Waals surface area (Å²) in [5.74, 6) is 1.49. The standard InChI is InChI=1S/C17H14Cl2N6S/c1-11(24-10-20-9-21-24)17-22-16(8-13-3-2-6-26-13)23-25(17)12-4-5-14(18)15(19)7-12/h2-7,9-11H,8H2,1H3. The summed E-state index contributed by atoms with van der Waals surface area (Å²) in [4.78, 5) is 9.99. The van der Waals surface area contributed by atoms with E-state index in [2.05, 4.69) is 16.1 Å². The van der Waals surface area contributed by atoms with Gasteiger partial charge in [0.05, 0.1) is 15.7 Å². The van der Waals surface area contributed by atoms with Crippen molar-refractivity contribution in [2.24, 2.45) is 0 Å². The average molecular weight is 405 g/mol. The molecule has 9 heteroatoms. The summed E-state index contributed by atoms with van der Waals surface area (Å²) >= 11 is 13.9. The zero-order valence-electron chi connectivity index (χ0n) is 13.8. The maximum absolute atomic E-state index is 6.20. The molecule has 132 valence electrons. The SMILES string of the molecule is CC(c1nc(Cc2cccs2)nn1-c1ccc(Cl)c(Cl)c1)n1cncn1. The van der Waals surface area contributed by atoms with Crippen LogP contribution in [0.5, 0.6) is 0 Å². The van der Waals surface area contributed by atoms with Gasteiger partial charge in [0.1, 0.15) is 18.7 Å². The molecular weight excluding hydrogens is 391 g/mol. The van der Waals surface area contributed by atoms with Crippen LogP contribution < -0.4 is 0 Å². The highest BCUT2D eigenvalue weighted by Crippen LogP contribution is 2.27. The Labute approximate surface area is 164 Å². The lowest BCUT2D eigenvalue weighted by atomic mass is 10.3. The van der Waals surface area contributed by atoms with Crippen molar-refractivity contribution in [1.82, 2.24) is 29.5 Å². The summed E-state index contributed by atoms with van der Waals surface area (Å²) in [6, 6.07) is 9.36. The van der Waals surface area contributed by atoms with Gasteiger partial charge in [0.25, 0.3) is 0 Å². The Kier molecular flexibility index (Phi) is 4.76. The minimum Gasteiger partial charge on any atom is -0.243 e. The van der Waals surface area contributed by atoms with Crippen molar-refractivity contribution in [3.05, 3.63) is 74.9 Å². The molecule has 0 fully saturated rings. The van der Waals surface area contributed by atoms with Gasteiger partial charge in [0, 0.05) is 11.3 Å². The number of nitrogens with zero attached hydrogens (tertiary/aromatic N) is 6. The van der Waals surface area contributed by atoms with Gasteiger partial charge in [0.15, 0.2) is 11.6 Å². The van der Waals surface area contributed by atoms with Gasteiger partial charge in [-0.25, -0.2) is 19.3 Å². The van der Waals surface area contributed by atoms with Gasteiger partial charge in [-0.1, -0.05) is 29.3 Å². The van der Waals surface area contributed by atoms with E-state index in [1.165, 1.54) is 11.2 Å². The fourth-order valence-electron chi connectivity index (χ4n) is 2.63. The van der Waals surface area contributed by atoms with Crippen LogP contribution in [0.4, 0.5) is 0 Å². The van der Waals surface area contributed by atoms with Gasteiger partial charge in [0.2, 0.25) is 0 Å². The van der Waals surface area contributed by atoms with Gasteiger partial charge in [-0.05, 0) is 36.6 Å². The lowest BCUT2D eigenvalue weighted by Crippen LogP contribution is -2.14. The van der Waals surface area contributed by atoms with Crippen molar-refractivity contribution < 1.29 is 0 Å². The number of aromatic nitrogens is 6. The molecule has 0 saturated carbocycles. The first-order valence-electron chi connectivity index (χ1n) is 7.89. The maximum Gasteiger partial charge on any atom is 0.157 e. The fourth-order valence-corrected chi connectivity index (χ4v) is 3.62. The molecule has 0 N–H and O–H groups in total. The molecule has 0 aliphatic heterocycles. The van der Waals surface area contributed by atoms with E-state index in [0.717, 1.165) is 17.3 Å². The molecule has 4 rings (SSSR count). The Morgan fingerprint density at radius 3 is 2.77 bits per heavy atom. The summed E-state index contributed by atoms with van der Waals surface area (Å²) in [6.07, 6.45) is 3.84. The summed E-state index contributed by atoms with van der Waals surface area (Å²) in [5, 5.41) is 11.9. The minimum atomic E-state index is -0.142. The second-order valence-corrected chi connectivity index (χ2v) is 7.55. The van der Waals surface area contributed by atoms with Crippen LogP contribution in [0.15, 0.2) is 48.4 Å². The minimum absolute atomic E-state index is 0.142. The van der Waals surface area contributed by atoms with Gasteiger partial charge >= 0.3 is 0 Å². The molecule has 4 aromatic rings. The third-order valence-corrected chi connectivity index (χ3v) is 5.56. The summed E-state index contributed by atoms with van der Waals surface area (Å²) in [6.45, 7) is 2.00. The summed E-state index contributed by atoms with van der Waals surface area (Å²) < 4.78 is 3.53. The molecule has 0 amide bonds. The van der Waals surface area contributed by atoms with Gasteiger partial charge in [-0.15, -0.1) is 11.3 Å². The zero-order chi connectivity index (χ0) is 18.1. The van der Waals surface area contributed by atoms with Gasteiger partial charge < -0.3 is 0 Å². The second-order valence-electron chi connectivity index (χ2n) is 5.70. The van der Waals surface area contributed by atoms with E-state index >= 15 is 0 Å². The van der Waals surface area contributed by atoms with Crippen molar-refractivity contribution >= 4 is 34.5 Å². The number of hydrogen-bond donors (Lipinski definition) is 0. The monoisotopic (exact) mass is 404 g/mol. The Balaban J connectivity index is 1.79. The Hall–Kier alpha value is -2.22. The molecule has 0 aliphatic rings. The molecule has 26 heavy (non-hydrogen) atoms. The maximum atomic E-state index is 6.20. The normalized spacial score (nSPS) is 12.4. The van der Waals surface area contributed by atoms with E-state index in [4.69, 9.17) is 33.3 Å². The molecule has 1 unspecified atom stereocenters. The second kappa shape index (κ2) is 7.19. The largest absolute Gasteiger partial charge is 0.243 e. The number of rotatable bonds is 5.